The van der Waals surface area contributed by atoms with Crippen LogP contribution in [0.2, 0.25) is 0 Å². The Morgan fingerprint density at radius 1 is 1.16 bits per heavy atom. The molecule has 0 aromatic heterocycles. The van der Waals surface area contributed by atoms with E-state index in [1.54, 1.807) is 25.1 Å². The van der Waals surface area contributed by atoms with Crippen molar-refractivity contribution in [2.24, 2.45) is 0 Å². The highest BCUT2D eigenvalue weighted by Crippen LogP contribution is 2.36. The summed E-state index contributed by atoms with van der Waals surface area (Å²) in [7, 11) is 4.37. The van der Waals surface area contributed by atoms with Gasteiger partial charge in [-0.1, -0.05) is 25.1 Å². The number of hydrogen-bond acceptors (Lipinski definition) is 5. The fourth-order valence-electron chi connectivity index (χ4n) is 4.03. The Labute approximate surface area is 185 Å². The van der Waals surface area contributed by atoms with Gasteiger partial charge in [-0.2, -0.15) is 0 Å². The van der Waals surface area contributed by atoms with Gasteiger partial charge in [-0.25, -0.2) is 4.39 Å². The number of nitro groups is 1. The van der Waals surface area contributed by atoms with Crippen LogP contribution in [0.15, 0.2) is 48.2 Å². The number of piperazine rings is 1. The number of carbonyl (C=O) groups is 2. The van der Waals surface area contributed by atoms with Crippen molar-refractivity contribution in [1.82, 2.24) is 9.80 Å². The van der Waals surface area contributed by atoms with Crippen molar-refractivity contribution in [3.63, 3.8) is 0 Å². The number of rotatable bonds is 6. The van der Waals surface area contributed by atoms with E-state index in [0.717, 1.165) is 0 Å². The van der Waals surface area contributed by atoms with Gasteiger partial charge in [0.15, 0.2) is 0 Å². The van der Waals surface area contributed by atoms with Crippen molar-refractivity contribution in [3.8, 4) is 5.75 Å². The normalized spacial score (nSPS) is 20.1. The number of halogens is 1. The smallest absolute Gasteiger partial charge is 0.280 e. The minimum atomic E-state index is -1.17. The number of benzene rings is 2. The molecule has 1 aliphatic rings. The molecule has 0 aliphatic carbocycles. The number of ether oxygens (including phenoxy) is 1. The maximum atomic E-state index is 13.5. The van der Waals surface area contributed by atoms with E-state index >= 15 is 0 Å². The molecule has 0 N–H and O–H groups in total. The molecule has 3 rings (SSSR count). The van der Waals surface area contributed by atoms with E-state index in [9.17, 15) is 24.1 Å². The third-order valence-electron chi connectivity index (χ3n) is 5.97. The highest BCUT2D eigenvalue weighted by molar-refractivity contribution is 6.09. The standard InChI is InChI=1S/C23H24FN3O5/c1-5-23(14-15-9-11-16(24)12-10-15)22(29)25(2)19(21(28)26(23)3)13-17-18(27(30)31)7-6-8-20(17)32-4/h6-13H,5,14H2,1-4H3. The van der Waals surface area contributed by atoms with Crippen LogP contribution < -0.4 is 4.74 Å². The molecule has 0 bridgehead atoms. The maximum absolute atomic E-state index is 13.5. The van der Waals surface area contributed by atoms with Crippen molar-refractivity contribution in [1.29, 1.82) is 0 Å². The Morgan fingerprint density at radius 3 is 2.38 bits per heavy atom. The molecule has 168 valence electrons. The molecule has 2 aromatic rings. The van der Waals surface area contributed by atoms with Crippen LogP contribution in [-0.2, 0) is 16.0 Å². The number of hydrogen-bond donors (Lipinski definition) is 0. The van der Waals surface area contributed by atoms with Crippen LogP contribution in [0, 0.1) is 15.9 Å². The van der Waals surface area contributed by atoms with Gasteiger partial charge in [0.25, 0.3) is 17.5 Å². The highest BCUT2D eigenvalue weighted by Gasteiger charge is 2.51. The fraction of sp³-hybridized carbons (Fsp3) is 0.304. The second-order valence-electron chi connectivity index (χ2n) is 7.60. The predicted molar refractivity (Wildman–Crippen MR) is 116 cm³/mol. The number of amides is 2. The number of carbonyl (C=O) groups excluding carboxylic acids is 2. The Bertz CT molecular complexity index is 1100. The van der Waals surface area contributed by atoms with Crippen molar-refractivity contribution >= 4 is 23.6 Å². The van der Waals surface area contributed by atoms with Crippen LogP contribution in [0.5, 0.6) is 5.75 Å². The molecule has 1 aliphatic heterocycles. The molecule has 1 unspecified atom stereocenters. The van der Waals surface area contributed by atoms with Crippen molar-refractivity contribution in [2.45, 2.75) is 25.3 Å². The zero-order valence-electron chi connectivity index (χ0n) is 18.3. The van der Waals surface area contributed by atoms with Crippen LogP contribution in [0.4, 0.5) is 10.1 Å². The molecular weight excluding hydrogens is 417 g/mol. The van der Waals surface area contributed by atoms with Crippen LogP contribution in [0.3, 0.4) is 0 Å². The number of nitrogens with zero attached hydrogens (tertiary/aromatic N) is 3. The van der Waals surface area contributed by atoms with Gasteiger partial charge in [0, 0.05) is 26.6 Å². The molecule has 1 saturated heterocycles. The first-order valence-electron chi connectivity index (χ1n) is 10.00. The minimum absolute atomic E-state index is 0.00622. The van der Waals surface area contributed by atoms with Crippen molar-refractivity contribution in [3.05, 3.63) is 75.2 Å². The first-order chi connectivity index (χ1) is 15.2. The van der Waals surface area contributed by atoms with E-state index < -0.39 is 16.4 Å². The van der Waals surface area contributed by atoms with Gasteiger partial charge < -0.3 is 14.5 Å². The van der Waals surface area contributed by atoms with Gasteiger partial charge in [0.05, 0.1) is 17.6 Å². The number of methoxy groups -OCH3 is 1. The Kier molecular flexibility index (Phi) is 6.29. The van der Waals surface area contributed by atoms with E-state index in [1.165, 1.54) is 61.3 Å². The number of nitro benzene ring substituents is 1. The summed E-state index contributed by atoms with van der Waals surface area (Å²) >= 11 is 0. The molecule has 2 amide bonds. The molecule has 1 atom stereocenters. The minimum Gasteiger partial charge on any atom is -0.496 e. The summed E-state index contributed by atoms with van der Waals surface area (Å²) in [5.41, 5.74) is -0.616. The lowest BCUT2D eigenvalue weighted by Crippen LogP contribution is -2.65. The molecule has 0 spiro atoms. The average Bonchev–Trinajstić information content (AvgIpc) is 2.79. The van der Waals surface area contributed by atoms with Crippen molar-refractivity contribution in [2.75, 3.05) is 21.2 Å². The second-order valence-corrected chi connectivity index (χ2v) is 7.60. The highest BCUT2D eigenvalue weighted by atomic mass is 19.1. The molecule has 1 fully saturated rings. The summed E-state index contributed by atoms with van der Waals surface area (Å²) in [6.45, 7) is 1.80. The second kappa shape index (κ2) is 8.78. The van der Waals surface area contributed by atoms with Crippen LogP contribution in [0.25, 0.3) is 6.08 Å². The Hall–Kier alpha value is -3.75. The van der Waals surface area contributed by atoms with Crippen LogP contribution in [-0.4, -0.2) is 53.3 Å². The van der Waals surface area contributed by atoms with E-state index in [0.29, 0.717) is 12.0 Å². The molecule has 9 heteroatoms. The molecular formula is C23H24FN3O5. The summed E-state index contributed by atoms with van der Waals surface area (Å²) in [5, 5.41) is 11.5. The lowest BCUT2D eigenvalue weighted by molar-refractivity contribution is -0.385. The SMILES string of the molecule is CCC1(Cc2ccc(F)cc2)C(=O)N(C)C(=Cc2c(OC)cccc2[N+](=O)[O-])C(=O)N1C. The summed E-state index contributed by atoms with van der Waals surface area (Å²) < 4.78 is 18.6. The predicted octanol–water partition coefficient (Wildman–Crippen LogP) is 3.41. The van der Waals surface area contributed by atoms with Crippen LogP contribution in [0.1, 0.15) is 24.5 Å². The summed E-state index contributed by atoms with van der Waals surface area (Å²) in [6.07, 6.45) is 1.85. The van der Waals surface area contributed by atoms with Gasteiger partial charge in [-0.15, -0.1) is 0 Å². The Balaban J connectivity index is 2.08. The van der Waals surface area contributed by atoms with Gasteiger partial charge >= 0.3 is 0 Å². The third-order valence-corrected chi connectivity index (χ3v) is 5.97. The Morgan fingerprint density at radius 2 is 1.81 bits per heavy atom. The van der Waals surface area contributed by atoms with Crippen LogP contribution >= 0.6 is 0 Å². The molecule has 8 nitrogen and oxygen atoms in total. The first-order valence-corrected chi connectivity index (χ1v) is 10.00. The largest absolute Gasteiger partial charge is 0.496 e. The molecule has 32 heavy (non-hydrogen) atoms. The van der Waals surface area contributed by atoms with Gasteiger partial charge in [0.1, 0.15) is 22.8 Å². The van der Waals surface area contributed by atoms with Gasteiger partial charge in [0.2, 0.25) is 0 Å². The van der Waals surface area contributed by atoms with Gasteiger partial charge in [-0.3, -0.25) is 19.7 Å². The summed E-state index contributed by atoms with van der Waals surface area (Å²) in [4.78, 5) is 40.5. The van der Waals surface area contributed by atoms with Gasteiger partial charge in [-0.05, 0) is 36.3 Å². The number of likely N-dealkylation sites (N-methyl/N-ethyl adjacent to an activating group) is 2. The van der Waals surface area contributed by atoms with E-state index in [-0.39, 0.29) is 40.8 Å². The monoisotopic (exact) mass is 441 g/mol. The topological polar surface area (TPSA) is 93.0 Å². The van der Waals surface area contributed by atoms with E-state index in [2.05, 4.69) is 0 Å². The lowest BCUT2D eigenvalue weighted by atomic mass is 9.82. The zero-order chi connectivity index (χ0) is 23.6. The maximum Gasteiger partial charge on any atom is 0.280 e. The summed E-state index contributed by atoms with van der Waals surface area (Å²) in [5.74, 6) is -0.979. The average molecular weight is 441 g/mol. The quantitative estimate of drug-likeness (QED) is 0.389. The van der Waals surface area contributed by atoms with Crippen molar-refractivity contribution < 1.29 is 23.6 Å². The lowest BCUT2D eigenvalue weighted by Gasteiger charge is -2.47. The summed E-state index contributed by atoms with van der Waals surface area (Å²) in [6, 6.07) is 10.1. The zero-order valence-corrected chi connectivity index (χ0v) is 18.3. The third kappa shape index (κ3) is 3.81. The molecule has 2 aromatic carbocycles. The molecule has 0 saturated carbocycles. The fourth-order valence-corrected chi connectivity index (χ4v) is 4.03. The first kappa shape index (κ1) is 22.9. The molecule has 1 heterocycles. The van der Waals surface area contributed by atoms with E-state index in [1.807, 2.05) is 0 Å². The molecule has 0 radical (unpaired) electrons. The van der Waals surface area contributed by atoms with E-state index in [4.69, 9.17) is 4.74 Å².